The highest BCUT2D eigenvalue weighted by Gasteiger charge is 2.10. The molecule has 0 aliphatic rings. The Morgan fingerprint density at radius 1 is 1.80 bits per heavy atom. The molecule has 0 radical (unpaired) electrons. The topological polar surface area (TPSA) is 26.3 Å². The van der Waals surface area contributed by atoms with E-state index in [0.717, 1.165) is 6.92 Å². The van der Waals surface area contributed by atoms with Crippen molar-refractivity contribution in [1.29, 1.82) is 0 Å². The molecule has 0 fully saturated rings. The van der Waals surface area contributed by atoms with Gasteiger partial charge in [0.25, 0.3) is 0 Å². The third-order valence-corrected chi connectivity index (χ3v) is 0.882. The highest BCUT2D eigenvalue weighted by molar-refractivity contribution is 5.73. The minimum atomic E-state index is -1.52. The molecule has 0 saturated carbocycles. The highest BCUT2D eigenvalue weighted by Crippen LogP contribution is 1.91. The van der Waals surface area contributed by atoms with Crippen molar-refractivity contribution in [1.82, 2.24) is 0 Å². The first-order valence-corrected chi connectivity index (χ1v) is 3.10. The highest BCUT2D eigenvalue weighted by atomic mass is 19.1. The maximum absolute atomic E-state index is 12.0. The van der Waals surface area contributed by atoms with E-state index in [-0.39, 0.29) is 6.61 Å². The molecule has 58 valence electrons. The molecule has 10 heavy (non-hydrogen) atoms. The molecule has 3 heteroatoms. The van der Waals surface area contributed by atoms with Crippen molar-refractivity contribution >= 4 is 5.97 Å². The van der Waals surface area contributed by atoms with E-state index in [2.05, 4.69) is 4.74 Å². The summed E-state index contributed by atoms with van der Waals surface area (Å²) in [6.45, 7) is 3.11. The normalized spacial score (nSPS) is 13.5. The van der Waals surface area contributed by atoms with Gasteiger partial charge in [0.1, 0.15) is 6.61 Å². The number of carbonyl (C=O) groups is 1. The Hall–Kier alpha value is -0.860. The zero-order chi connectivity index (χ0) is 7.98. The monoisotopic (exact) mass is 146 g/mol. The SMILES string of the molecule is C/C=C\COC(=O)C(C)F. The second kappa shape index (κ2) is 4.97. The third-order valence-electron chi connectivity index (χ3n) is 0.882. The Morgan fingerprint density at radius 2 is 2.40 bits per heavy atom. The number of carbonyl (C=O) groups excluding carboxylic acids is 1. The largest absolute Gasteiger partial charge is 0.459 e. The Balaban J connectivity index is 3.40. The van der Waals surface area contributed by atoms with E-state index >= 15 is 0 Å². The number of allylic oxidation sites excluding steroid dienone is 1. The standard InChI is InChI=1S/C7H11FO2/c1-3-4-5-10-7(9)6(2)8/h3-4,6H,5H2,1-2H3/b4-3-. The summed E-state index contributed by atoms with van der Waals surface area (Å²) in [6.07, 6.45) is 1.85. The van der Waals surface area contributed by atoms with Crippen molar-refractivity contribution in [2.75, 3.05) is 6.61 Å². The van der Waals surface area contributed by atoms with Gasteiger partial charge in [-0.05, 0) is 13.8 Å². The Bertz CT molecular complexity index is 130. The quantitative estimate of drug-likeness (QED) is 0.445. The zero-order valence-electron chi connectivity index (χ0n) is 6.13. The molecule has 0 bridgehead atoms. The van der Waals surface area contributed by atoms with E-state index in [9.17, 15) is 9.18 Å². The lowest BCUT2D eigenvalue weighted by Gasteiger charge is -2.00. The summed E-state index contributed by atoms with van der Waals surface area (Å²) in [5.74, 6) is -0.807. The van der Waals surface area contributed by atoms with Gasteiger partial charge in [0.15, 0.2) is 6.17 Å². The number of rotatable bonds is 3. The number of ether oxygens (including phenoxy) is 1. The van der Waals surface area contributed by atoms with Gasteiger partial charge in [0.2, 0.25) is 0 Å². The van der Waals surface area contributed by atoms with E-state index < -0.39 is 12.1 Å². The Kier molecular flexibility index (Phi) is 4.54. The minimum Gasteiger partial charge on any atom is -0.459 e. The van der Waals surface area contributed by atoms with Gasteiger partial charge in [-0.15, -0.1) is 0 Å². The predicted octanol–water partition coefficient (Wildman–Crippen LogP) is 1.46. The lowest BCUT2D eigenvalue weighted by atomic mass is 10.4. The van der Waals surface area contributed by atoms with Crippen molar-refractivity contribution in [3.63, 3.8) is 0 Å². The fourth-order valence-corrected chi connectivity index (χ4v) is 0.341. The van der Waals surface area contributed by atoms with Gasteiger partial charge in [-0.25, -0.2) is 9.18 Å². The maximum atomic E-state index is 12.0. The zero-order valence-corrected chi connectivity index (χ0v) is 6.13. The molecule has 0 rings (SSSR count). The molecule has 0 aliphatic heterocycles. The number of hydrogen-bond donors (Lipinski definition) is 0. The third kappa shape index (κ3) is 4.06. The Labute approximate surface area is 59.7 Å². The lowest BCUT2D eigenvalue weighted by Crippen LogP contribution is -2.15. The smallest absolute Gasteiger partial charge is 0.340 e. The van der Waals surface area contributed by atoms with Crippen LogP contribution in [0.5, 0.6) is 0 Å². The summed E-state index contributed by atoms with van der Waals surface area (Å²) in [4.78, 5) is 10.4. The summed E-state index contributed by atoms with van der Waals surface area (Å²) in [5.41, 5.74) is 0. The predicted molar refractivity (Wildman–Crippen MR) is 36.3 cm³/mol. The van der Waals surface area contributed by atoms with Gasteiger partial charge < -0.3 is 4.74 Å². The second-order valence-electron chi connectivity index (χ2n) is 1.82. The molecular weight excluding hydrogens is 135 g/mol. The molecule has 1 atom stereocenters. The summed E-state index contributed by atoms with van der Waals surface area (Å²) < 4.78 is 16.5. The van der Waals surface area contributed by atoms with Gasteiger partial charge in [0.05, 0.1) is 0 Å². The fraction of sp³-hybridized carbons (Fsp3) is 0.571. The molecule has 0 amide bonds. The van der Waals surface area contributed by atoms with Crippen LogP contribution in [0.25, 0.3) is 0 Å². The van der Waals surface area contributed by atoms with Crippen LogP contribution in [0, 0.1) is 0 Å². The van der Waals surface area contributed by atoms with Crippen LogP contribution in [0.2, 0.25) is 0 Å². The lowest BCUT2D eigenvalue weighted by molar-refractivity contribution is -0.147. The van der Waals surface area contributed by atoms with E-state index in [1.807, 2.05) is 0 Å². The summed E-state index contributed by atoms with van der Waals surface area (Å²) in [7, 11) is 0. The van der Waals surface area contributed by atoms with Gasteiger partial charge in [0, 0.05) is 0 Å². The molecule has 0 N–H and O–H groups in total. The van der Waals surface area contributed by atoms with Crippen LogP contribution in [0.4, 0.5) is 4.39 Å². The number of halogens is 1. The molecule has 2 nitrogen and oxygen atoms in total. The average molecular weight is 146 g/mol. The molecule has 0 aliphatic carbocycles. The van der Waals surface area contributed by atoms with Crippen molar-refractivity contribution in [2.24, 2.45) is 0 Å². The first-order chi connectivity index (χ1) is 4.68. The molecule has 0 aromatic carbocycles. The fourth-order valence-electron chi connectivity index (χ4n) is 0.341. The summed E-state index contributed by atoms with van der Waals surface area (Å²) in [5, 5.41) is 0. The van der Waals surface area contributed by atoms with Crippen LogP contribution >= 0.6 is 0 Å². The van der Waals surface area contributed by atoms with E-state index in [0.29, 0.717) is 0 Å². The van der Waals surface area contributed by atoms with Crippen molar-refractivity contribution < 1.29 is 13.9 Å². The molecule has 1 unspecified atom stereocenters. The number of esters is 1. The molecule has 0 aromatic heterocycles. The van der Waals surface area contributed by atoms with Crippen molar-refractivity contribution in [2.45, 2.75) is 20.0 Å². The first kappa shape index (κ1) is 9.14. The van der Waals surface area contributed by atoms with E-state index in [1.165, 1.54) is 0 Å². The number of hydrogen-bond acceptors (Lipinski definition) is 2. The first-order valence-electron chi connectivity index (χ1n) is 3.10. The molecule has 0 aromatic rings. The van der Waals surface area contributed by atoms with Crippen LogP contribution < -0.4 is 0 Å². The average Bonchev–Trinajstić information content (AvgIpc) is 1.88. The summed E-state index contributed by atoms with van der Waals surface area (Å²) >= 11 is 0. The van der Waals surface area contributed by atoms with Gasteiger partial charge in [-0.2, -0.15) is 0 Å². The van der Waals surface area contributed by atoms with Gasteiger partial charge in [-0.1, -0.05) is 12.2 Å². The summed E-state index contributed by atoms with van der Waals surface area (Å²) in [6, 6.07) is 0. The van der Waals surface area contributed by atoms with Crippen molar-refractivity contribution in [3.05, 3.63) is 12.2 Å². The van der Waals surface area contributed by atoms with Crippen LogP contribution in [0.15, 0.2) is 12.2 Å². The molecule has 0 heterocycles. The second-order valence-corrected chi connectivity index (χ2v) is 1.82. The van der Waals surface area contributed by atoms with Crippen LogP contribution in [0.3, 0.4) is 0 Å². The van der Waals surface area contributed by atoms with Gasteiger partial charge >= 0.3 is 5.97 Å². The molecule has 0 saturated heterocycles. The Morgan fingerprint density at radius 3 is 2.80 bits per heavy atom. The van der Waals surface area contributed by atoms with Crippen molar-refractivity contribution in [3.8, 4) is 0 Å². The molecule has 0 spiro atoms. The van der Waals surface area contributed by atoms with E-state index in [4.69, 9.17) is 0 Å². The van der Waals surface area contributed by atoms with E-state index in [1.54, 1.807) is 19.1 Å². The van der Waals surface area contributed by atoms with Crippen LogP contribution in [0.1, 0.15) is 13.8 Å². The number of alkyl halides is 1. The van der Waals surface area contributed by atoms with Gasteiger partial charge in [-0.3, -0.25) is 0 Å². The minimum absolute atomic E-state index is 0.156. The van der Waals surface area contributed by atoms with Crippen LogP contribution in [-0.4, -0.2) is 18.7 Å². The van der Waals surface area contributed by atoms with Crippen LogP contribution in [-0.2, 0) is 9.53 Å². The molecular formula is C7H11FO2. The maximum Gasteiger partial charge on any atom is 0.340 e.